The Labute approximate surface area is 170 Å². The molecule has 1 amide bonds. The summed E-state index contributed by atoms with van der Waals surface area (Å²) in [6, 6.07) is 13.8. The van der Waals surface area contributed by atoms with Gasteiger partial charge >= 0.3 is 0 Å². The molecular weight excluding hydrogens is 374 g/mol. The van der Waals surface area contributed by atoms with E-state index in [1.807, 2.05) is 42.5 Å². The third-order valence-electron chi connectivity index (χ3n) is 5.44. The topological polar surface area (TPSA) is 110 Å². The second-order valence-electron chi connectivity index (χ2n) is 7.88. The molecule has 1 fully saturated rings. The number of benzene rings is 2. The van der Waals surface area contributed by atoms with Gasteiger partial charge in [0, 0.05) is 19.0 Å². The number of fused-ring (bicyclic) bond motifs is 1. The summed E-state index contributed by atoms with van der Waals surface area (Å²) in [6.07, 6.45) is -6.17. The van der Waals surface area contributed by atoms with E-state index in [1.165, 1.54) is 0 Å². The fraction of sp³-hybridized carbons (Fsp3) is 0.500. The third kappa shape index (κ3) is 4.60. The van der Waals surface area contributed by atoms with Gasteiger partial charge in [-0.15, -0.1) is 0 Å². The van der Waals surface area contributed by atoms with Gasteiger partial charge in [0.1, 0.15) is 30.5 Å². The lowest BCUT2D eigenvalue weighted by Gasteiger charge is -2.42. The van der Waals surface area contributed by atoms with Crippen LogP contribution >= 0.6 is 0 Å². The summed E-state index contributed by atoms with van der Waals surface area (Å²) < 4.78 is 5.61. The number of rotatable bonds is 6. The number of carbonyl (C=O) groups excluding carboxylic acids is 1. The summed E-state index contributed by atoms with van der Waals surface area (Å²) >= 11 is 0. The monoisotopic (exact) mass is 403 g/mol. The number of aliphatic hydroxyl groups excluding tert-OH is 4. The number of hydrogen-bond donors (Lipinski definition) is 4. The normalized spacial score (nSPS) is 27.3. The molecule has 158 valence electrons. The van der Waals surface area contributed by atoms with Gasteiger partial charge in [-0.05, 0) is 16.3 Å². The van der Waals surface area contributed by atoms with E-state index in [1.54, 1.807) is 18.7 Å². The maximum atomic E-state index is 12.9. The van der Waals surface area contributed by atoms with Crippen molar-refractivity contribution in [1.82, 2.24) is 4.90 Å². The van der Waals surface area contributed by atoms with Crippen LogP contribution in [0.3, 0.4) is 0 Å². The van der Waals surface area contributed by atoms with E-state index in [0.717, 1.165) is 16.3 Å². The summed E-state index contributed by atoms with van der Waals surface area (Å²) in [5, 5.41) is 41.9. The zero-order valence-electron chi connectivity index (χ0n) is 16.7. The number of aliphatic hydroxyl groups is 4. The number of nitrogens with zero attached hydrogens (tertiary/aromatic N) is 1. The third-order valence-corrected chi connectivity index (χ3v) is 5.44. The van der Waals surface area contributed by atoms with Gasteiger partial charge < -0.3 is 30.1 Å². The summed E-state index contributed by atoms with van der Waals surface area (Å²) in [5.41, 5.74) is 0.960. The van der Waals surface area contributed by atoms with E-state index in [9.17, 15) is 25.2 Å². The van der Waals surface area contributed by atoms with Crippen LogP contribution in [-0.4, -0.2) is 74.9 Å². The summed E-state index contributed by atoms with van der Waals surface area (Å²) in [7, 11) is 0. The van der Waals surface area contributed by atoms with Crippen LogP contribution in [0.4, 0.5) is 0 Å². The van der Waals surface area contributed by atoms with Gasteiger partial charge in [0.2, 0.25) is 5.91 Å². The Bertz CT molecular complexity index is 834. The molecule has 1 saturated heterocycles. The zero-order chi connectivity index (χ0) is 21.1. The van der Waals surface area contributed by atoms with Crippen molar-refractivity contribution in [3.05, 3.63) is 48.0 Å². The number of ether oxygens (including phenoxy) is 1. The SMILES string of the molecule is CC(C)C(=O)N(Cc1cccc2ccccc12)C[C@@H]1O[C@H](CO)[C@@H](O)[C@H](O)[C@@H]1O. The van der Waals surface area contributed by atoms with Crippen molar-refractivity contribution in [2.45, 2.75) is 50.9 Å². The van der Waals surface area contributed by atoms with E-state index in [0.29, 0.717) is 6.54 Å². The molecule has 0 radical (unpaired) electrons. The van der Waals surface area contributed by atoms with Crippen LogP contribution in [0.1, 0.15) is 19.4 Å². The molecule has 0 spiro atoms. The Morgan fingerprint density at radius 2 is 1.66 bits per heavy atom. The molecule has 0 aliphatic carbocycles. The van der Waals surface area contributed by atoms with Crippen LogP contribution in [0.15, 0.2) is 42.5 Å². The highest BCUT2D eigenvalue weighted by Crippen LogP contribution is 2.25. The molecule has 4 N–H and O–H groups in total. The fourth-order valence-corrected chi connectivity index (χ4v) is 3.78. The second kappa shape index (κ2) is 9.19. The minimum absolute atomic E-state index is 0.0294. The standard InChI is InChI=1S/C22H29NO6/c1-13(2)22(28)23(10-15-8-5-7-14-6-3-4-9-16(14)15)11-17-19(25)21(27)20(26)18(12-24)29-17/h3-9,13,17-21,24-27H,10-12H2,1-2H3/t17-,18+,19+,20+,21+/m0/s1. The lowest BCUT2D eigenvalue weighted by atomic mass is 9.94. The molecule has 1 aliphatic rings. The molecule has 5 atom stereocenters. The van der Waals surface area contributed by atoms with E-state index >= 15 is 0 Å². The van der Waals surface area contributed by atoms with Gasteiger partial charge in [0.05, 0.1) is 6.61 Å². The van der Waals surface area contributed by atoms with Gasteiger partial charge in [0.25, 0.3) is 0 Å². The van der Waals surface area contributed by atoms with E-state index in [2.05, 4.69) is 0 Å². The smallest absolute Gasteiger partial charge is 0.225 e. The number of carbonyl (C=O) groups is 1. The first kappa shape index (κ1) is 21.7. The van der Waals surface area contributed by atoms with Crippen molar-refractivity contribution in [1.29, 1.82) is 0 Å². The van der Waals surface area contributed by atoms with Gasteiger partial charge in [-0.3, -0.25) is 4.79 Å². The van der Waals surface area contributed by atoms with Gasteiger partial charge in [-0.25, -0.2) is 0 Å². The average Bonchev–Trinajstić information content (AvgIpc) is 2.73. The molecule has 7 nitrogen and oxygen atoms in total. The zero-order valence-corrected chi connectivity index (χ0v) is 16.7. The molecule has 1 aliphatic heterocycles. The van der Waals surface area contributed by atoms with Crippen molar-refractivity contribution in [3.8, 4) is 0 Å². The van der Waals surface area contributed by atoms with Gasteiger partial charge in [-0.1, -0.05) is 56.3 Å². The largest absolute Gasteiger partial charge is 0.394 e. The van der Waals surface area contributed by atoms with Crippen LogP contribution < -0.4 is 0 Å². The van der Waals surface area contributed by atoms with E-state index in [-0.39, 0.29) is 18.4 Å². The Morgan fingerprint density at radius 1 is 1.00 bits per heavy atom. The minimum atomic E-state index is -1.46. The van der Waals surface area contributed by atoms with Crippen LogP contribution in [-0.2, 0) is 16.1 Å². The molecule has 0 unspecified atom stereocenters. The summed E-state index contributed by atoms with van der Waals surface area (Å²) in [6.45, 7) is 3.44. The first-order valence-corrected chi connectivity index (χ1v) is 9.89. The van der Waals surface area contributed by atoms with Crippen molar-refractivity contribution in [2.75, 3.05) is 13.2 Å². The van der Waals surface area contributed by atoms with Crippen molar-refractivity contribution >= 4 is 16.7 Å². The molecule has 0 bridgehead atoms. The fourth-order valence-electron chi connectivity index (χ4n) is 3.78. The van der Waals surface area contributed by atoms with Crippen molar-refractivity contribution < 1.29 is 30.0 Å². The Balaban J connectivity index is 1.87. The second-order valence-corrected chi connectivity index (χ2v) is 7.88. The Kier molecular flexibility index (Phi) is 6.87. The minimum Gasteiger partial charge on any atom is -0.394 e. The lowest BCUT2D eigenvalue weighted by molar-refractivity contribution is -0.232. The first-order valence-electron chi connectivity index (χ1n) is 9.89. The van der Waals surface area contributed by atoms with E-state index in [4.69, 9.17) is 4.74 Å². The molecule has 3 rings (SSSR count). The molecule has 7 heteroatoms. The quantitative estimate of drug-likeness (QED) is 0.564. The lowest BCUT2D eigenvalue weighted by Crippen LogP contribution is -2.61. The molecule has 2 aromatic rings. The molecule has 0 saturated carbocycles. The Morgan fingerprint density at radius 3 is 2.34 bits per heavy atom. The van der Waals surface area contributed by atoms with Gasteiger partial charge in [0.15, 0.2) is 0 Å². The highest BCUT2D eigenvalue weighted by Gasteiger charge is 2.44. The molecule has 2 aromatic carbocycles. The van der Waals surface area contributed by atoms with E-state index < -0.39 is 37.1 Å². The van der Waals surface area contributed by atoms with Crippen molar-refractivity contribution in [2.24, 2.45) is 5.92 Å². The van der Waals surface area contributed by atoms with Crippen LogP contribution in [0.25, 0.3) is 10.8 Å². The predicted molar refractivity (Wildman–Crippen MR) is 108 cm³/mol. The first-order chi connectivity index (χ1) is 13.8. The van der Waals surface area contributed by atoms with Crippen LogP contribution in [0, 0.1) is 5.92 Å². The summed E-state index contributed by atoms with van der Waals surface area (Å²) in [4.78, 5) is 14.5. The number of hydrogen-bond acceptors (Lipinski definition) is 6. The highest BCUT2D eigenvalue weighted by molar-refractivity contribution is 5.86. The molecule has 0 aromatic heterocycles. The Hall–Kier alpha value is -2.03. The number of amides is 1. The predicted octanol–water partition coefficient (Wildman–Crippen LogP) is 0.667. The molecule has 1 heterocycles. The summed E-state index contributed by atoms with van der Waals surface area (Å²) in [5.74, 6) is -0.384. The van der Waals surface area contributed by atoms with Crippen LogP contribution in [0.2, 0.25) is 0 Å². The van der Waals surface area contributed by atoms with Crippen LogP contribution in [0.5, 0.6) is 0 Å². The maximum absolute atomic E-state index is 12.9. The molecule has 29 heavy (non-hydrogen) atoms. The molecular formula is C22H29NO6. The average molecular weight is 403 g/mol. The highest BCUT2D eigenvalue weighted by atomic mass is 16.5. The van der Waals surface area contributed by atoms with Gasteiger partial charge in [-0.2, -0.15) is 0 Å². The maximum Gasteiger partial charge on any atom is 0.225 e. The van der Waals surface area contributed by atoms with Crippen molar-refractivity contribution in [3.63, 3.8) is 0 Å².